The molecule has 2 N–H and O–H groups in total. The number of carbonyl (C=O) groups is 4. The zero-order chi connectivity index (χ0) is 24.8. The van der Waals surface area contributed by atoms with Gasteiger partial charge in [-0.1, -0.05) is 54.2 Å². The minimum atomic E-state index is -0.648. The summed E-state index contributed by atoms with van der Waals surface area (Å²) in [5.74, 6) is -0.185. The van der Waals surface area contributed by atoms with Crippen molar-refractivity contribution in [3.8, 4) is 0 Å². The van der Waals surface area contributed by atoms with Crippen molar-refractivity contribution in [1.82, 2.24) is 20.2 Å². The van der Waals surface area contributed by atoms with E-state index in [2.05, 4.69) is 15.3 Å². The van der Waals surface area contributed by atoms with Crippen LogP contribution >= 0.6 is 11.8 Å². The number of aromatic nitrogens is 2. The van der Waals surface area contributed by atoms with E-state index in [1.165, 1.54) is 11.8 Å². The lowest BCUT2D eigenvalue weighted by Crippen LogP contribution is -2.38. The molecule has 0 aliphatic carbocycles. The van der Waals surface area contributed by atoms with Gasteiger partial charge < -0.3 is 10.3 Å². The van der Waals surface area contributed by atoms with E-state index in [0.29, 0.717) is 30.4 Å². The van der Waals surface area contributed by atoms with E-state index in [1.54, 1.807) is 36.7 Å². The van der Waals surface area contributed by atoms with Gasteiger partial charge in [-0.15, -0.1) is 0 Å². The maximum Gasteiger partial charge on any atom is 0.261 e. The number of benzene rings is 2. The van der Waals surface area contributed by atoms with Crippen LogP contribution in [0, 0.1) is 0 Å². The van der Waals surface area contributed by atoms with Crippen LogP contribution in [0.2, 0.25) is 0 Å². The molecule has 1 aromatic heterocycles. The van der Waals surface area contributed by atoms with Crippen molar-refractivity contribution >= 4 is 34.6 Å². The van der Waals surface area contributed by atoms with Gasteiger partial charge in [-0.3, -0.25) is 24.1 Å². The number of rotatable bonds is 10. The van der Waals surface area contributed by atoms with Crippen molar-refractivity contribution in [3.05, 3.63) is 89.5 Å². The maximum atomic E-state index is 13.3. The Balaban J connectivity index is 1.41. The fourth-order valence-electron chi connectivity index (χ4n) is 4.13. The molecule has 0 saturated carbocycles. The Hall–Kier alpha value is -3.72. The van der Waals surface area contributed by atoms with Gasteiger partial charge in [0.05, 0.1) is 22.4 Å². The fraction of sp³-hybridized carbons (Fsp3) is 0.269. The molecular formula is C26H26N4O4S. The molecule has 8 nitrogen and oxygen atoms in total. The standard InChI is InChI=1S/C26H26N4O4S/c1-17(31)35-22(12-7-15-30-25(33)19-10-5-6-11-20(19)26(30)34)24(32)29-21(16-23-27-13-14-28-23)18-8-3-2-4-9-18/h2-6,8-11,13-14,21-22H,7,12,15-16H2,1H3,(H,27,28)(H,29,32)/t21-,22?/m0/s1. The summed E-state index contributed by atoms with van der Waals surface area (Å²) in [6, 6.07) is 16.0. The monoisotopic (exact) mass is 490 g/mol. The van der Waals surface area contributed by atoms with Gasteiger partial charge in [0.2, 0.25) is 5.91 Å². The first kappa shape index (κ1) is 24.4. The molecule has 1 aliphatic heterocycles. The minimum absolute atomic E-state index is 0.173. The fourth-order valence-corrected chi connectivity index (χ4v) is 4.99. The van der Waals surface area contributed by atoms with Gasteiger partial charge in [0, 0.05) is 32.3 Å². The summed E-state index contributed by atoms with van der Waals surface area (Å²) < 4.78 is 0. The number of imide groups is 1. The Bertz CT molecular complexity index is 1180. The molecule has 0 spiro atoms. The highest BCUT2D eigenvalue weighted by molar-refractivity contribution is 8.14. The van der Waals surface area contributed by atoms with Crippen molar-refractivity contribution in [2.45, 2.75) is 37.5 Å². The van der Waals surface area contributed by atoms with E-state index < -0.39 is 5.25 Å². The number of imidazole rings is 1. The zero-order valence-electron chi connectivity index (χ0n) is 19.3. The van der Waals surface area contributed by atoms with Crippen molar-refractivity contribution in [2.75, 3.05) is 6.54 Å². The van der Waals surface area contributed by atoms with Crippen LogP contribution in [0.1, 0.15) is 57.9 Å². The summed E-state index contributed by atoms with van der Waals surface area (Å²) in [4.78, 5) is 58.9. The molecule has 0 bridgehead atoms. The van der Waals surface area contributed by atoms with Crippen LogP contribution < -0.4 is 5.32 Å². The van der Waals surface area contributed by atoms with Gasteiger partial charge in [-0.25, -0.2) is 4.98 Å². The summed E-state index contributed by atoms with van der Waals surface area (Å²) in [7, 11) is 0. The predicted molar refractivity (Wildman–Crippen MR) is 133 cm³/mol. The predicted octanol–water partition coefficient (Wildman–Crippen LogP) is 3.53. The number of hydrogen-bond acceptors (Lipinski definition) is 6. The van der Waals surface area contributed by atoms with Crippen LogP contribution in [0.15, 0.2) is 67.0 Å². The molecule has 9 heteroatoms. The summed E-state index contributed by atoms with van der Waals surface area (Å²) >= 11 is 0.961. The summed E-state index contributed by atoms with van der Waals surface area (Å²) in [6.07, 6.45) is 4.60. The van der Waals surface area contributed by atoms with Crippen LogP contribution in [-0.4, -0.2) is 49.5 Å². The third-order valence-corrected chi connectivity index (χ3v) is 6.86. The molecule has 2 atom stereocenters. The van der Waals surface area contributed by atoms with Gasteiger partial charge in [0.1, 0.15) is 5.82 Å². The number of aromatic amines is 1. The van der Waals surface area contributed by atoms with Crippen LogP contribution in [-0.2, 0) is 16.0 Å². The van der Waals surface area contributed by atoms with Crippen molar-refractivity contribution in [1.29, 1.82) is 0 Å². The summed E-state index contributed by atoms with van der Waals surface area (Å²) in [5.41, 5.74) is 1.72. The van der Waals surface area contributed by atoms with Gasteiger partial charge in [-0.05, 0) is 30.5 Å². The number of carbonyl (C=O) groups excluding carboxylic acids is 4. The maximum absolute atomic E-state index is 13.3. The lowest BCUT2D eigenvalue weighted by Gasteiger charge is -2.22. The lowest BCUT2D eigenvalue weighted by atomic mass is 10.0. The molecule has 1 unspecified atom stereocenters. The molecule has 3 amide bonds. The molecule has 4 rings (SSSR count). The quantitative estimate of drug-likeness (QED) is 0.421. The Morgan fingerprint density at radius 2 is 1.69 bits per heavy atom. The normalized spacial score (nSPS) is 14.5. The number of nitrogens with one attached hydrogen (secondary N) is 2. The molecule has 2 heterocycles. The highest BCUT2D eigenvalue weighted by Gasteiger charge is 2.35. The molecule has 3 aromatic rings. The van der Waals surface area contributed by atoms with Gasteiger partial charge in [0.15, 0.2) is 5.12 Å². The van der Waals surface area contributed by atoms with Crippen LogP contribution in [0.5, 0.6) is 0 Å². The number of thioether (sulfide) groups is 1. The first-order valence-electron chi connectivity index (χ1n) is 11.4. The first-order chi connectivity index (χ1) is 16.9. The molecule has 0 fully saturated rings. The van der Waals surface area contributed by atoms with Crippen LogP contribution in [0.4, 0.5) is 0 Å². The molecule has 0 radical (unpaired) electrons. The topological polar surface area (TPSA) is 112 Å². The second-order valence-electron chi connectivity index (χ2n) is 8.26. The number of nitrogens with zero attached hydrogens (tertiary/aromatic N) is 2. The summed E-state index contributed by atoms with van der Waals surface area (Å²) in [6.45, 7) is 1.61. The molecule has 180 valence electrons. The Morgan fingerprint density at radius 1 is 1.03 bits per heavy atom. The van der Waals surface area contributed by atoms with E-state index >= 15 is 0 Å². The SMILES string of the molecule is CC(=O)SC(CCCN1C(=O)c2ccccc2C1=O)C(=O)N[C@@H](Cc1ncc[nH]1)c1ccccc1. The second-order valence-corrected chi connectivity index (χ2v) is 9.64. The molecular weight excluding hydrogens is 464 g/mol. The minimum Gasteiger partial charge on any atom is -0.349 e. The highest BCUT2D eigenvalue weighted by atomic mass is 32.2. The van der Waals surface area contributed by atoms with Gasteiger partial charge in [-0.2, -0.15) is 0 Å². The lowest BCUT2D eigenvalue weighted by molar-refractivity contribution is -0.121. The smallest absolute Gasteiger partial charge is 0.261 e. The third-order valence-electron chi connectivity index (χ3n) is 5.80. The third kappa shape index (κ3) is 5.86. The zero-order valence-corrected chi connectivity index (χ0v) is 20.1. The Morgan fingerprint density at radius 3 is 2.29 bits per heavy atom. The average molecular weight is 491 g/mol. The van der Waals surface area contributed by atoms with Crippen molar-refractivity contribution in [3.63, 3.8) is 0 Å². The average Bonchev–Trinajstić information content (AvgIpc) is 3.46. The molecule has 35 heavy (non-hydrogen) atoms. The number of H-pyrrole nitrogens is 1. The summed E-state index contributed by atoms with van der Waals surface area (Å²) in [5, 5.41) is 2.25. The highest BCUT2D eigenvalue weighted by Crippen LogP contribution is 2.25. The Kier molecular flexibility index (Phi) is 7.77. The second kappa shape index (κ2) is 11.1. The molecule has 2 aromatic carbocycles. The van der Waals surface area contributed by atoms with E-state index in [9.17, 15) is 19.2 Å². The van der Waals surface area contributed by atoms with Gasteiger partial charge in [0.25, 0.3) is 11.8 Å². The first-order valence-corrected chi connectivity index (χ1v) is 12.3. The van der Waals surface area contributed by atoms with E-state index in [4.69, 9.17) is 0 Å². The van der Waals surface area contributed by atoms with E-state index in [-0.39, 0.29) is 35.4 Å². The van der Waals surface area contributed by atoms with E-state index in [0.717, 1.165) is 23.1 Å². The number of fused-ring (bicyclic) bond motifs is 1. The van der Waals surface area contributed by atoms with Crippen molar-refractivity contribution in [2.24, 2.45) is 0 Å². The van der Waals surface area contributed by atoms with Crippen LogP contribution in [0.25, 0.3) is 0 Å². The Labute approximate surface area is 207 Å². The van der Waals surface area contributed by atoms with E-state index in [1.807, 2.05) is 30.3 Å². The molecule has 0 saturated heterocycles. The van der Waals surface area contributed by atoms with Crippen molar-refractivity contribution < 1.29 is 19.2 Å². The van der Waals surface area contributed by atoms with Crippen LogP contribution in [0.3, 0.4) is 0 Å². The molecule has 1 aliphatic rings. The largest absolute Gasteiger partial charge is 0.349 e. The number of amides is 3. The van der Waals surface area contributed by atoms with Gasteiger partial charge >= 0.3 is 0 Å². The number of hydrogen-bond donors (Lipinski definition) is 2.